The van der Waals surface area contributed by atoms with E-state index in [4.69, 9.17) is 9.47 Å². The highest BCUT2D eigenvalue weighted by Gasteiger charge is 2.40. The van der Waals surface area contributed by atoms with Crippen molar-refractivity contribution in [3.63, 3.8) is 0 Å². The number of carbonyl (C=O) groups excluding carboxylic acids is 1. The lowest BCUT2D eigenvalue weighted by Crippen LogP contribution is -2.55. The molecule has 6 nitrogen and oxygen atoms in total. The molecule has 6 heteroatoms. The van der Waals surface area contributed by atoms with Crippen molar-refractivity contribution < 1.29 is 24.2 Å². The molecule has 0 aromatic carbocycles. The minimum Gasteiger partial charge on any atom is -0.480 e. The van der Waals surface area contributed by atoms with Crippen LogP contribution in [0.4, 0.5) is 0 Å². The number of carboxylic acid groups (broad SMARTS) is 1. The van der Waals surface area contributed by atoms with Gasteiger partial charge < -0.3 is 19.9 Å². The van der Waals surface area contributed by atoms with E-state index >= 15 is 0 Å². The number of methoxy groups -OCH3 is 1. The molecular formula is C13H23NO5. The van der Waals surface area contributed by atoms with Gasteiger partial charge in [-0.05, 0) is 12.8 Å². The summed E-state index contributed by atoms with van der Waals surface area (Å²) in [6.45, 7) is 1.21. The zero-order valence-electron chi connectivity index (χ0n) is 11.4. The molecule has 110 valence electrons. The zero-order chi connectivity index (χ0) is 14.1. The Labute approximate surface area is 113 Å². The second-order valence-electron chi connectivity index (χ2n) is 4.85. The van der Waals surface area contributed by atoms with Crippen LogP contribution in [0.5, 0.6) is 0 Å². The second-order valence-corrected chi connectivity index (χ2v) is 4.85. The first-order valence-electron chi connectivity index (χ1n) is 6.72. The van der Waals surface area contributed by atoms with Crippen LogP contribution in [0.1, 0.15) is 38.5 Å². The average molecular weight is 273 g/mol. The number of carboxylic acids is 1. The molecule has 0 radical (unpaired) electrons. The van der Waals surface area contributed by atoms with Crippen molar-refractivity contribution in [3.05, 3.63) is 0 Å². The summed E-state index contributed by atoms with van der Waals surface area (Å²) < 4.78 is 10.0. The first-order chi connectivity index (χ1) is 9.10. The number of amides is 1. The molecule has 0 aliphatic heterocycles. The fourth-order valence-electron chi connectivity index (χ4n) is 2.29. The highest BCUT2D eigenvalue weighted by Crippen LogP contribution is 2.28. The quantitative estimate of drug-likeness (QED) is 0.643. The molecule has 0 heterocycles. The van der Waals surface area contributed by atoms with Crippen molar-refractivity contribution in [1.29, 1.82) is 0 Å². The molecule has 1 amide bonds. The van der Waals surface area contributed by atoms with Gasteiger partial charge in [0.1, 0.15) is 5.54 Å². The summed E-state index contributed by atoms with van der Waals surface area (Å²) >= 11 is 0. The lowest BCUT2D eigenvalue weighted by Gasteiger charge is -2.34. The van der Waals surface area contributed by atoms with Gasteiger partial charge in [0.2, 0.25) is 5.91 Å². The maximum absolute atomic E-state index is 11.8. The number of hydrogen-bond donors (Lipinski definition) is 2. The van der Waals surface area contributed by atoms with E-state index in [1.165, 1.54) is 0 Å². The Morgan fingerprint density at radius 3 is 2.42 bits per heavy atom. The fourth-order valence-corrected chi connectivity index (χ4v) is 2.29. The molecule has 1 fully saturated rings. The van der Waals surface area contributed by atoms with Gasteiger partial charge in [-0.25, -0.2) is 4.79 Å². The SMILES string of the molecule is COCCOCCC(=O)NC1(C(=O)O)CCCCC1. The van der Waals surface area contributed by atoms with Gasteiger partial charge in [0.15, 0.2) is 0 Å². The normalized spacial score (nSPS) is 17.9. The second kappa shape index (κ2) is 8.12. The molecule has 0 atom stereocenters. The lowest BCUT2D eigenvalue weighted by atomic mass is 9.81. The molecule has 1 aliphatic rings. The molecule has 0 spiro atoms. The van der Waals surface area contributed by atoms with Crippen LogP contribution < -0.4 is 5.32 Å². The maximum Gasteiger partial charge on any atom is 0.329 e. The molecule has 0 aromatic heterocycles. The first kappa shape index (κ1) is 15.9. The summed E-state index contributed by atoms with van der Waals surface area (Å²) in [5.74, 6) is -1.19. The largest absolute Gasteiger partial charge is 0.480 e. The van der Waals surface area contributed by atoms with E-state index in [-0.39, 0.29) is 18.9 Å². The van der Waals surface area contributed by atoms with E-state index in [2.05, 4.69) is 5.32 Å². The van der Waals surface area contributed by atoms with E-state index in [1.807, 2.05) is 0 Å². The Hall–Kier alpha value is -1.14. The molecule has 1 saturated carbocycles. The van der Waals surface area contributed by atoms with Gasteiger partial charge in [-0.2, -0.15) is 0 Å². The third-order valence-electron chi connectivity index (χ3n) is 3.40. The minimum atomic E-state index is -1.07. The van der Waals surface area contributed by atoms with Crippen molar-refractivity contribution in [2.24, 2.45) is 0 Å². The van der Waals surface area contributed by atoms with Crippen LogP contribution in [0.15, 0.2) is 0 Å². The Morgan fingerprint density at radius 1 is 1.16 bits per heavy atom. The van der Waals surface area contributed by atoms with Gasteiger partial charge >= 0.3 is 5.97 Å². The van der Waals surface area contributed by atoms with Crippen molar-refractivity contribution in [3.8, 4) is 0 Å². The number of rotatable bonds is 8. The van der Waals surface area contributed by atoms with Crippen LogP contribution in [-0.2, 0) is 19.1 Å². The van der Waals surface area contributed by atoms with Crippen LogP contribution in [0.25, 0.3) is 0 Å². The highest BCUT2D eigenvalue weighted by molar-refractivity contribution is 5.87. The smallest absolute Gasteiger partial charge is 0.329 e. The molecule has 0 saturated heterocycles. The number of hydrogen-bond acceptors (Lipinski definition) is 4. The van der Waals surface area contributed by atoms with E-state index in [1.54, 1.807) is 7.11 Å². The minimum absolute atomic E-state index is 0.179. The van der Waals surface area contributed by atoms with E-state index < -0.39 is 11.5 Å². The van der Waals surface area contributed by atoms with Crippen LogP contribution in [-0.4, -0.2) is 49.5 Å². The Kier molecular flexibility index (Phi) is 6.80. The topological polar surface area (TPSA) is 84.9 Å². The van der Waals surface area contributed by atoms with Crippen molar-refractivity contribution >= 4 is 11.9 Å². The van der Waals surface area contributed by atoms with E-state index in [9.17, 15) is 14.7 Å². The number of aliphatic carboxylic acids is 1. The predicted molar refractivity (Wildman–Crippen MR) is 68.9 cm³/mol. The summed E-state index contributed by atoms with van der Waals surface area (Å²) in [4.78, 5) is 23.1. The van der Waals surface area contributed by atoms with Crippen LogP contribution >= 0.6 is 0 Å². The summed E-state index contributed by atoms with van der Waals surface area (Å²) in [6.07, 6.45) is 3.93. The fraction of sp³-hybridized carbons (Fsp3) is 0.846. The summed E-state index contributed by atoms with van der Waals surface area (Å²) in [7, 11) is 1.58. The molecule has 1 aliphatic carbocycles. The van der Waals surface area contributed by atoms with Crippen molar-refractivity contribution in [1.82, 2.24) is 5.32 Å². The summed E-state index contributed by atoms with van der Waals surface area (Å²) in [5.41, 5.74) is -1.07. The molecule has 0 unspecified atom stereocenters. The Balaban J connectivity index is 2.33. The first-order valence-corrected chi connectivity index (χ1v) is 6.72. The van der Waals surface area contributed by atoms with Gasteiger partial charge in [0.25, 0.3) is 0 Å². The number of carbonyl (C=O) groups is 2. The standard InChI is InChI=1S/C13H23NO5/c1-18-9-10-19-8-5-11(15)14-13(12(16)17)6-3-2-4-7-13/h2-10H2,1H3,(H,14,15)(H,16,17). The maximum atomic E-state index is 11.8. The number of ether oxygens (including phenoxy) is 2. The molecule has 19 heavy (non-hydrogen) atoms. The highest BCUT2D eigenvalue weighted by atomic mass is 16.5. The van der Waals surface area contributed by atoms with Gasteiger partial charge in [-0.1, -0.05) is 19.3 Å². The monoisotopic (exact) mass is 273 g/mol. The third kappa shape index (κ3) is 5.16. The molecule has 0 aromatic rings. The predicted octanol–water partition coefficient (Wildman–Crippen LogP) is 0.943. The van der Waals surface area contributed by atoms with Gasteiger partial charge in [-0.15, -0.1) is 0 Å². The molecule has 2 N–H and O–H groups in total. The van der Waals surface area contributed by atoms with Crippen molar-refractivity contribution in [2.75, 3.05) is 26.9 Å². The van der Waals surface area contributed by atoms with E-state index in [0.717, 1.165) is 19.3 Å². The van der Waals surface area contributed by atoms with Crippen molar-refractivity contribution in [2.45, 2.75) is 44.1 Å². The third-order valence-corrected chi connectivity index (χ3v) is 3.40. The Morgan fingerprint density at radius 2 is 1.84 bits per heavy atom. The van der Waals surface area contributed by atoms with E-state index in [0.29, 0.717) is 26.1 Å². The number of nitrogens with one attached hydrogen (secondary N) is 1. The van der Waals surface area contributed by atoms with Gasteiger partial charge in [0, 0.05) is 13.5 Å². The van der Waals surface area contributed by atoms with Crippen LogP contribution in [0, 0.1) is 0 Å². The summed E-state index contributed by atoms with van der Waals surface area (Å²) in [6, 6.07) is 0. The molecule has 1 rings (SSSR count). The lowest BCUT2D eigenvalue weighted by molar-refractivity contribution is -0.149. The van der Waals surface area contributed by atoms with Crippen LogP contribution in [0.3, 0.4) is 0 Å². The van der Waals surface area contributed by atoms with Gasteiger partial charge in [0.05, 0.1) is 19.8 Å². The average Bonchev–Trinajstić information content (AvgIpc) is 2.39. The molecule has 0 bridgehead atoms. The van der Waals surface area contributed by atoms with Gasteiger partial charge in [-0.3, -0.25) is 4.79 Å². The Bertz CT molecular complexity index is 299. The zero-order valence-corrected chi connectivity index (χ0v) is 11.4. The van der Waals surface area contributed by atoms with Crippen LogP contribution in [0.2, 0.25) is 0 Å². The summed E-state index contributed by atoms with van der Waals surface area (Å²) in [5, 5.41) is 12.0. The molecular weight excluding hydrogens is 250 g/mol.